The second-order valence-corrected chi connectivity index (χ2v) is 9.07. The molecule has 4 rings (SSSR count). The summed E-state index contributed by atoms with van der Waals surface area (Å²) in [5.41, 5.74) is 3.97. The van der Waals surface area contributed by atoms with Crippen LogP contribution in [0, 0.1) is 12.3 Å². The molecular weight excluding hydrogens is 376 g/mol. The zero-order chi connectivity index (χ0) is 21.5. The molecule has 158 valence electrons. The fourth-order valence-electron chi connectivity index (χ4n) is 3.61. The SMILES string of the molecule is CNC1CCN(c2ccc3nc(-c4ccc(C)c(NC(=O)C(C)(C)C)c4)cn3n2)C1. The average Bonchev–Trinajstić information content (AvgIpc) is 3.35. The van der Waals surface area contributed by atoms with Crippen LogP contribution in [0.4, 0.5) is 11.5 Å². The second-order valence-electron chi connectivity index (χ2n) is 9.07. The molecule has 3 heterocycles. The number of carbonyl (C=O) groups excluding carboxylic acids is 1. The standard InChI is InChI=1S/C23H30N6O/c1-15-6-7-16(12-18(15)26-22(30)23(2,3)4)19-14-29-20(25-19)8-9-21(27-29)28-11-10-17(13-28)24-5/h6-9,12,14,17,24H,10-11,13H2,1-5H3,(H,26,30). The Bertz CT molecular complexity index is 1080. The molecule has 1 saturated heterocycles. The molecule has 1 amide bonds. The van der Waals surface area contributed by atoms with Gasteiger partial charge in [0.15, 0.2) is 5.65 Å². The molecule has 2 N–H and O–H groups in total. The van der Waals surface area contributed by atoms with Crippen molar-refractivity contribution >= 4 is 23.1 Å². The molecule has 0 bridgehead atoms. The van der Waals surface area contributed by atoms with E-state index in [1.165, 1.54) is 0 Å². The number of nitrogens with one attached hydrogen (secondary N) is 2. The van der Waals surface area contributed by atoms with Gasteiger partial charge < -0.3 is 15.5 Å². The molecule has 1 unspecified atom stereocenters. The van der Waals surface area contributed by atoms with E-state index in [1.807, 2.05) is 75.8 Å². The van der Waals surface area contributed by atoms with Crippen LogP contribution in [0.1, 0.15) is 32.8 Å². The van der Waals surface area contributed by atoms with E-state index in [4.69, 9.17) is 10.1 Å². The lowest BCUT2D eigenvalue weighted by Gasteiger charge is -2.19. The Labute approximate surface area is 177 Å². The van der Waals surface area contributed by atoms with E-state index in [0.717, 1.165) is 53.5 Å². The molecule has 1 atom stereocenters. The van der Waals surface area contributed by atoms with E-state index in [9.17, 15) is 4.79 Å². The lowest BCUT2D eigenvalue weighted by molar-refractivity contribution is -0.123. The Kier molecular flexibility index (Phi) is 5.24. The highest BCUT2D eigenvalue weighted by molar-refractivity contribution is 5.95. The van der Waals surface area contributed by atoms with Gasteiger partial charge in [-0.3, -0.25) is 4.79 Å². The van der Waals surface area contributed by atoms with E-state index >= 15 is 0 Å². The first-order valence-corrected chi connectivity index (χ1v) is 10.5. The summed E-state index contributed by atoms with van der Waals surface area (Å²) in [6.45, 7) is 9.68. The minimum Gasteiger partial charge on any atom is -0.354 e. The van der Waals surface area contributed by atoms with E-state index in [-0.39, 0.29) is 5.91 Å². The largest absolute Gasteiger partial charge is 0.354 e. The Hall–Kier alpha value is -2.93. The van der Waals surface area contributed by atoms with Gasteiger partial charge in [0, 0.05) is 35.8 Å². The van der Waals surface area contributed by atoms with Crippen molar-refractivity contribution in [3.05, 3.63) is 42.1 Å². The van der Waals surface area contributed by atoms with Crippen LogP contribution in [0.25, 0.3) is 16.9 Å². The van der Waals surface area contributed by atoms with Crippen LogP contribution in [-0.4, -0.2) is 46.7 Å². The first kappa shape index (κ1) is 20.3. The van der Waals surface area contributed by atoms with Crippen LogP contribution in [-0.2, 0) is 4.79 Å². The molecule has 0 spiro atoms. The van der Waals surface area contributed by atoms with Crippen molar-refractivity contribution in [3.63, 3.8) is 0 Å². The molecule has 0 radical (unpaired) electrons. The smallest absolute Gasteiger partial charge is 0.229 e. The van der Waals surface area contributed by atoms with Crippen LogP contribution in [0.5, 0.6) is 0 Å². The Balaban J connectivity index is 1.62. The monoisotopic (exact) mass is 406 g/mol. The van der Waals surface area contributed by atoms with E-state index in [1.54, 1.807) is 0 Å². The van der Waals surface area contributed by atoms with Gasteiger partial charge in [0.1, 0.15) is 5.82 Å². The average molecular weight is 407 g/mol. The summed E-state index contributed by atoms with van der Waals surface area (Å²) in [7, 11) is 2.01. The first-order valence-electron chi connectivity index (χ1n) is 10.5. The number of carbonyl (C=O) groups is 1. The third-order valence-electron chi connectivity index (χ3n) is 5.69. The van der Waals surface area contributed by atoms with Crippen molar-refractivity contribution < 1.29 is 4.79 Å². The van der Waals surface area contributed by atoms with Crippen molar-refractivity contribution in [1.82, 2.24) is 19.9 Å². The van der Waals surface area contributed by atoms with Gasteiger partial charge in [0.2, 0.25) is 5.91 Å². The molecule has 1 aliphatic rings. The van der Waals surface area contributed by atoms with E-state index in [0.29, 0.717) is 6.04 Å². The highest BCUT2D eigenvalue weighted by Crippen LogP contribution is 2.27. The summed E-state index contributed by atoms with van der Waals surface area (Å²) in [6, 6.07) is 10.6. The quantitative estimate of drug-likeness (QED) is 0.694. The fraction of sp³-hybridized carbons (Fsp3) is 0.435. The molecule has 2 aromatic heterocycles. The van der Waals surface area contributed by atoms with Gasteiger partial charge in [-0.1, -0.05) is 32.9 Å². The van der Waals surface area contributed by atoms with Gasteiger partial charge in [0.25, 0.3) is 0 Å². The summed E-state index contributed by atoms with van der Waals surface area (Å²) >= 11 is 0. The van der Waals surface area contributed by atoms with Crippen molar-refractivity contribution in [3.8, 4) is 11.3 Å². The van der Waals surface area contributed by atoms with Gasteiger partial charge >= 0.3 is 0 Å². The molecule has 7 heteroatoms. The molecule has 30 heavy (non-hydrogen) atoms. The van der Waals surface area contributed by atoms with Crippen molar-refractivity contribution in [1.29, 1.82) is 0 Å². The number of aromatic nitrogens is 3. The summed E-state index contributed by atoms with van der Waals surface area (Å²) in [4.78, 5) is 19.5. The maximum atomic E-state index is 12.4. The molecule has 0 aliphatic carbocycles. The molecular formula is C23H30N6O. The van der Waals surface area contributed by atoms with Gasteiger partial charge in [-0.05, 0) is 44.2 Å². The van der Waals surface area contributed by atoms with E-state index < -0.39 is 5.41 Å². The number of benzene rings is 1. The van der Waals surface area contributed by atoms with Crippen LogP contribution >= 0.6 is 0 Å². The number of hydrogen-bond acceptors (Lipinski definition) is 5. The Morgan fingerprint density at radius 1 is 1.20 bits per heavy atom. The summed E-state index contributed by atoms with van der Waals surface area (Å²) < 4.78 is 1.84. The van der Waals surface area contributed by atoms with Gasteiger partial charge in [-0.25, -0.2) is 9.50 Å². The molecule has 3 aromatic rings. The summed E-state index contributed by atoms with van der Waals surface area (Å²) in [6.07, 6.45) is 3.07. The first-order chi connectivity index (χ1) is 14.2. The molecule has 0 saturated carbocycles. The van der Waals surface area contributed by atoms with Crippen LogP contribution < -0.4 is 15.5 Å². The lowest BCUT2D eigenvalue weighted by Crippen LogP contribution is -2.30. The molecule has 7 nitrogen and oxygen atoms in total. The highest BCUT2D eigenvalue weighted by Gasteiger charge is 2.23. The van der Waals surface area contributed by atoms with E-state index in [2.05, 4.69) is 15.5 Å². The highest BCUT2D eigenvalue weighted by atomic mass is 16.2. The maximum Gasteiger partial charge on any atom is 0.229 e. The Morgan fingerprint density at radius 2 is 2.00 bits per heavy atom. The minimum absolute atomic E-state index is 0.00505. The lowest BCUT2D eigenvalue weighted by atomic mass is 9.95. The number of nitrogens with zero attached hydrogens (tertiary/aromatic N) is 4. The molecule has 1 aromatic carbocycles. The normalized spacial score (nSPS) is 17.0. The van der Waals surface area contributed by atoms with Gasteiger partial charge in [-0.15, -0.1) is 5.10 Å². The predicted octanol–water partition coefficient (Wildman–Crippen LogP) is 3.49. The van der Waals surface area contributed by atoms with Crippen LogP contribution in [0.3, 0.4) is 0 Å². The third-order valence-corrected chi connectivity index (χ3v) is 5.69. The van der Waals surface area contributed by atoms with Crippen molar-refractivity contribution in [2.24, 2.45) is 5.41 Å². The number of hydrogen-bond donors (Lipinski definition) is 2. The second kappa shape index (κ2) is 7.72. The maximum absolute atomic E-state index is 12.4. The number of fused-ring (bicyclic) bond motifs is 1. The number of amides is 1. The number of aryl methyl sites for hydroxylation is 1. The summed E-state index contributed by atoms with van der Waals surface area (Å²) in [5, 5.41) is 11.2. The minimum atomic E-state index is -0.451. The topological polar surface area (TPSA) is 74.6 Å². The zero-order valence-electron chi connectivity index (χ0n) is 18.4. The number of imidazole rings is 1. The number of anilines is 2. The van der Waals surface area contributed by atoms with Crippen LogP contribution in [0.2, 0.25) is 0 Å². The number of rotatable bonds is 4. The van der Waals surface area contributed by atoms with Gasteiger partial charge in [0.05, 0.1) is 11.9 Å². The van der Waals surface area contributed by atoms with Crippen molar-refractivity contribution in [2.75, 3.05) is 30.4 Å². The predicted molar refractivity (Wildman–Crippen MR) is 121 cm³/mol. The van der Waals surface area contributed by atoms with Crippen molar-refractivity contribution in [2.45, 2.75) is 40.2 Å². The fourth-order valence-corrected chi connectivity index (χ4v) is 3.61. The third kappa shape index (κ3) is 4.03. The Morgan fingerprint density at radius 3 is 2.70 bits per heavy atom. The molecule has 1 fully saturated rings. The number of likely N-dealkylation sites (N-methyl/N-ethyl adjacent to an activating group) is 1. The molecule has 1 aliphatic heterocycles. The zero-order valence-corrected chi connectivity index (χ0v) is 18.4. The summed E-state index contributed by atoms with van der Waals surface area (Å²) in [5.74, 6) is 0.959. The van der Waals surface area contributed by atoms with Gasteiger partial charge in [-0.2, -0.15) is 0 Å². The van der Waals surface area contributed by atoms with Crippen LogP contribution in [0.15, 0.2) is 36.5 Å².